The lowest BCUT2D eigenvalue weighted by atomic mass is 10.1. The van der Waals surface area contributed by atoms with Crippen molar-refractivity contribution in [1.29, 1.82) is 0 Å². The molecule has 0 saturated carbocycles. The van der Waals surface area contributed by atoms with Crippen LogP contribution in [0.25, 0.3) is 0 Å². The summed E-state index contributed by atoms with van der Waals surface area (Å²) in [5.41, 5.74) is 1.54. The van der Waals surface area contributed by atoms with Gasteiger partial charge in [0, 0.05) is 15.5 Å². The topological polar surface area (TPSA) is 38.3 Å². The monoisotopic (exact) mass is 397 g/mol. The predicted molar refractivity (Wildman–Crippen MR) is 86.0 cm³/mol. The highest BCUT2D eigenvalue weighted by atomic mass is 79.9. The number of hydrogen-bond donors (Lipinski definition) is 1. The van der Waals surface area contributed by atoms with E-state index in [0.29, 0.717) is 17.9 Å². The molecule has 104 valence electrons. The molecule has 0 bridgehead atoms. The van der Waals surface area contributed by atoms with E-state index < -0.39 is 0 Å². The zero-order chi connectivity index (χ0) is 14.5. The summed E-state index contributed by atoms with van der Waals surface area (Å²) in [5, 5.41) is 2.89. The summed E-state index contributed by atoms with van der Waals surface area (Å²) in [6, 6.07) is 13.1. The highest BCUT2D eigenvalue weighted by Crippen LogP contribution is 2.23. The molecule has 0 saturated heterocycles. The van der Waals surface area contributed by atoms with Crippen LogP contribution in [0.15, 0.2) is 51.4 Å². The van der Waals surface area contributed by atoms with Crippen LogP contribution in [0.3, 0.4) is 0 Å². The lowest BCUT2D eigenvalue weighted by Gasteiger charge is -2.10. The third kappa shape index (κ3) is 3.61. The fraction of sp³-hybridized carbons (Fsp3) is 0.133. The number of rotatable bonds is 4. The second-order valence-electron chi connectivity index (χ2n) is 4.12. The summed E-state index contributed by atoms with van der Waals surface area (Å²) in [6.07, 6.45) is 0. The van der Waals surface area contributed by atoms with Crippen molar-refractivity contribution in [2.75, 3.05) is 7.11 Å². The number of benzene rings is 2. The molecular formula is C15H13Br2NO2. The normalized spacial score (nSPS) is 10.2. The van der Waals surface area contributed by atoms with E-state index in [-0.39, 0.29) is 5.91 Å². The summed E-state index contributed by atoms with van der Waals surface area (Å²) in [5.74, 6) is 0.383. The molecule has 0 radical (unpaired) electrons. The molecule has 2 aromatic rings. The minimum absolute atomic E-state index is 0.162. The Kier molecular flexibility index (Phi) is 5.20. The molecule has 0 spiro atoms. The first-order chi connectivity index (χ1) is 9.61. The molecule has 1 N–H and O–H groups in total. The van der Waals surface area contributed by atoms with Crippen LogP contribution in [0.5, 0.6) is 5.75 Å². The Morgan fingerprint density at radius 1 is 1.20 bits per heavy atom. The number of nitrogens with one attached hydrogen (secondary N) is 1. The molecule has 0 aromatic heterocycles. The van der Waals surface area contributed by atoms with E-state index in [2.05, 4.69) is 37.2 Å². The van der Waals surface area contributed by atoms with Gasteiger partial charge in [0.15, 0.2) is 0 Å². The average molecular weight is 399 g/mol. The first kappa shape index (κ1) is 15.1. The number of halogens is 2. The Morgan fingerprint density at radius 2 is 1.95 bits per heavy atom. The van der Waals surface area contributed by atoms with Crippen molar-refractivity contribution in [2.45, 2.75) is 6.54 Å². The van der Waals surface area contributed by atoms with Crippen molar-refractivity contribution in [3.8, 4) is 5.75 Å². The van der Waals surface area contributed by atoms with E-state index in [0.717, 1.165) is 14.5 Å². The van der Waals surface area contributed by atoms with Gasteiger partial charge in [-0.15, -0.1) is 0 Å². The second kappa shape index (κ2) is 6.90. The molecule has 0 aliphatic carbocycles. The predicted octanol–water partition coefficient (Wildman–Crippen LogP) is 4.15. The Hall–Kier alpha value is -1.33. The van der Waals surface area contributed by atoms with Crippen LogP contribution in [-0.2, 0) is 6.54 Å². The van der Waals surface area contributed by atoms with Crippen LogP contribution in [0.1, 0.15) is 15.9 Å². The smallest absolute Gasteiger partial charge is 0.255 e. The molecule has 20 heavy (non-hydrogen) atoms. The van der Waals surface area contributed by atoms with E-state index in [1.54, 1.807) is 19.2 Å². The fourth-order valence-corrected chi connectivity index (χ4v) is 2.53. The number of carbonyl (C=O) groups is 1. The molecule has 0 heterocycles. The van der Waals surface area contributed by atoms with Crippen molar-refractivity contribution in [2.24, 2.45) is 0 Å². The van der Waals surface area contributed by atoms with Gasteiger partial charge in [0.1, 0.15) is 5.75 Å². The van der Waals surface area contributed by atoms with Gasteiger partial charge in [0.2, 0.25) is 0 Å². The highest BCUT2D eigenvalue weighted by molar-refractivity contribution is 9.10. The number of ether oxygens (including phenoxy) is 1. The van der Waals surface area contributed by atoms with Crippen molar-refractivity contribution in [3.63, 3.8) is 0 Å². The molecule has 0 fully saturated rings. The van der Waals surface area contributed by atoms with Gasteiger partial charge in [-0.3, -0.25) is 4.79 Å². The van der Waals surface area contributed by atoms with Gasteiger partial charge < -0.3 is 10.1 Å². The molecular weight excluding hydrogens is 386 g/mol. The molecule has 0 unspecified atom stereocenters. The molecule has 0 atom stereocenters. The largest absolute Gasteiger partial charge is 0.496 e. The highest BCUT2D eigenvalue weighted by Gasteiger charge is 2.12. The summed E-state index contributed by atoms with van der Waals surface area (Å²) in [6.45, 7) is 0.458. The maximum Gasteiger partial charge on any atom is 0.255 e. The Labute approximate surface area is 134 Å². The first-order valence-electron chi connectivity index (χ1n) is 5.97. The van der Waals surface area contributed by atoms with Crippen LogP contribution in [0.2, 0.25) is 0 Å². The molecule has 3 nitrogen and oxygen atoms in total. The van der Waals surface area contributed by atoms with Crippen LogP contribution in [-0.4, -0.2) is 13.0 Å². The summed E-state index contributed by atoms with van der Waals surface area (Å²) < 4.78 is 7.07. The standard InChI is InChI=1S/C15H13Br2NO2/c1-20-14-8-11(16)6-7-12(14)15(19)18-9-10-4-2-3-5-13(10)17/h2-8H,9H2,1H3,(H,18,19). The van der Waals surface area contributed by atoms with Gasteiger partial charge >= 0.3 is 0 Å². The van der Waals surface area contributed by atoms with E-state index in [4.69, 9.17) is 4.74 Å². The third-order valence-corrected chi connectivity index (χ3v) is 4.07. The van der Waals surface area contributed by atoms with Crippen LogP contribution in [0, 0.1) is 0 Å². The first-order valence-corrected chi connectivity index (χ1v) is 7.55. The Balaban J connectivity index is 2.11. The van der Waals surface area contributed by atoms with Gasteiger partial charge in [-0.2, -0.15) is 0 Å². The number of hydrogen-bond acceptors (Lipinski definition) is 2. The van der Waals surface area contributed by atoms with E-state index >= 15 is 0 Å². The quantitative estimate of drug-likeness (QED) is 0.839. The van der Waals surface area contributed by atoms with Gasteiger partial charge in [-0.05, 0) is 29.8 Å². The molecule has 0 aliphatic rings. The summed E-state index contributed by atoms with van der Waals surface area (Å²) in [7, 11) is 1.55. The lowest BCUT2D eigenvalue weighted by molar-refractivity contribution is 0.0948. The second-order valence-corrected chi connectivity index (χ2v) is 5.89. The summed E-state index contributed by atoms with van der Waals surface area (Å²) >= 11 is 6.81. The summed E-state index contributed by atoms with van der Waals surface area (Å²) in [4.78, 5) is 12.2. The molecule has 2 rings (SSSR count). The van der Waals surface area contributed by atoms with Gasteiger partial charge in [0.05, 0.1) is 12.7 Å². The molecule has 5 heteroatoms. The van der Waals surface area contributed by atoms with E-state index in [1.165, 1.54) is 0 Å². The Bertz CT molecular complexity index is 629. The zero-order valence-corrected chi connectivity index (χ0v) is 14.0. The minimum atomic E-state index is -0.162. The molecule has 2 aromatic carbocycles. The maximum atomic E-state index is 12.2. The van der Waals surface area contributed by atoms with E-state index in [1.807, 2.05) is 30.3 Å². The fourth-order valence-electron chi connectivity index (χ4n) is 1.77. The molecule has 1 amide bonds. The molecule has 0 aliphatic heterocycles. The van der Waals surface area contributed by atoms with Gasteiger partial charge in [-0.1, -0.05) is 50.1 Å². The van der Waals surface area contributed by atoms with Crippen molar-refractivity contribution < 1.29 is 9.53 Å². The average Bonchev–Trinajstić information content (AvgIpc) is 2.46. The van der Waals surface area contributed by atoms with Gasteiger partial charge in [-0.25, -0.2) is 0 Å². The van der Waals surface area contributed by atoms with Crippen LogP contribution < -0.4 is 10.1 Å². The third-order valence-electron chi connectivity index (χ3n) is 2.81. The SMILES string of the molecule is COc1cc(Br)ccc1C(=O)NCc1ccccc1Br. The minimum Gasteiger partial charge on any atom is -0.496 e. The Morgan fingerprint density at radius 3 is 2.65 bits per heavy atom. The van der Waals surface area contributed by atoms with Crippen molar-refractivity contribution in [1.82, 2.24) is 5.32 Å². The van der Waals surface area contributed by atoms with Crippen LogP contribution in [0.4, 0.5) is 0 Å². The zero-order valence-electron chi connectivity index (χ0n) is 10.8. The van der Waals surface area contributed by atoms with Crippen molar-refractivity contribution >= 4 is 37.8 Å². The lowest BCUT2D eigenvalue weighted by Crippen LogP contribution is -2.23. The number of methoxy groups -OCH3 is 1. The van der Waals surface area contributed by atoms with Crippen molar-refractivity contribution in [3.05, 3.63) is 62.5 Å². The number of carbonyl (C=O) groups excluding carboxylic acids is 1. The number of amides is 1. The van der Waals surface area contributed by atoms with Crippen LogP contribution >= 0.6 is 31.9 Å². The maximum absolute atomic E-state index is 12.2. The van der Waals surface area contributed by atoms with E-state index in [9.17, 15) is 4.79 Å². The van der Waals surface area contributed by atoms with Gasteiger partial charge in [0.25, 0.3) is 5.91 Å².